The normalized spacial score (nSPS) is 14.8. The molecule has 0 aliphatic carbocycles. The molecule has 1 saturated heterocycles. The number of anilines is 1. The third-order valence-corrected chi connectivity index (χ3v) is 5.59. The number of non-ortho nitro benzene ring substituents is 1. The Morgan fingerprint density at radius 1 is 1.13 bits per heavy atom. The molecule has 158 valence electrons. The highest BCUT2D eigenvalue weighted by atomic mass is 16.6. The van der Waals surface area contributed by atoms with Gasteiger partial charge in [0.2, 0.25) is 0 Å². The van der Waals surface area contributed by atoms with Crippen LogP contribution in [-0.4, -0.2) is 48.1 Å². The van der Waals surface area contributed by atoms with E-state index in [0.29, 0.717) is 16.5 Å². The maximum absolute atomic E-state index is 11.1. The summed E-state index contributed by atoms with van der Waals surface area (Å²) in [5.74, 6) is 1.59. The number of rotatable bonds is 5. The molecular weight excluding hydrogens is 394 g/mol. The average Bonchev–Trinajstić information content (AvgIpc) is 3.04. The summed E-state index contributed by atoms with van der Waals surface area (Å²) in [6, 6.07) is 16.5. The van der Waals surface area contributed by atoms with Crippen molar-refractivity contribution in [3.63, 3.8) is 0 Å². The van der Waals surface area contributed by atoms with Gasteiger partial charge in [-0.25, -0.2) is 4.98 Å². The van der Waals surface area contributed by atoms with E-state index in [1.165, 1.54) is 17.7 Å². The zero-order valence-corrected chi connectivity index (χ0v) is 17.3. The number of nitro groups is 1. The maximum Gasteiger partial charge on any atom is 0.270 e. The Kier molecular flexibility index (Phi) is 5.96. The van der Waals surface area contributed by atoms with Crippen molar-refractivity contribution in [3.05, 3.63) is 69.8 Å². The number of pyridine rings is 1. The maximum atomic E-state index is 11.1. The number of methoxy groups -OCH3 is 1. The van der Waals surface area contributed by atoms with Gasteiger partial charge in [0.15, 0.2) is 0 Å². The van der Waals surface area contributed by atoms with Crippen molar-refractivity contribution in [2.45, 2.75) is 13.0 Å². The second-order valence-electron chi connectivity index (χ2n) is 7.56. The predicted molar refractivity (Wildman–Crippen MR) is 118 cm³/mol. The first-order valence-corrected chi connectivity index (χ1v) is 10.2. The van der Waals surface area contributed by atoms with Crippen LogP contribution in [0, 0.1) is 21.4 Å². The average molecular weight is 417 g/mol. The van der Waals surface area contributed by atoms with E-state index in [9.17, 15) is 15.4 Å². The van der Waals surface area contributed by atoms with E-state index in [1.54, 1.807) is 19.2 Å². The molecule has 1 aliphatic rings. The number of aromatic nitrogens is 1. The molecule has 1 aromatic heterocycles. The summed E-state index contributed by atoms with van der Waals surface area (Å²) in [5, 5.41) is 21.2. The van der Waals surface area contributed by atoms with Crippen LogP contribution in [0.2, 0.25) is 0 Å². The molecule has 31 heavy (non-hydrogen) atoms. The van der Waals surface area contributed by atoms with Gasteiger partial charge in [-0.1, -0.05) is 12.1 Å². The minimum absolute atomic E-state index is 0.0394. The van der Waals surface area contributed by atoms with E-state index in [1.807, 2.05) is 12.1 Å². The predicted octanol–water partition coefficient (Wildman–Crippen LogP) is 3.74. The number of hydrogen-bond donors (Lipinski definition) is 0. The fourth-order valence-corrected chi connectivity index (χ4v) is 3.92. The molecule has 0 unspecified atom stereocenters. The number of ether oxygens (including phenoxy) is 1. The lowest BCUT2D eigenvalue weighted by molar-refractivity contribution is -0.384. The van der Waals surface area contributed by atoms with Gasteiger partial charge in [-0.05, 0) is 36.2 Å². The van der Waals surface area contributed by atoms with Crippen LogP contribution in [0.1, 0.15) is 17.5 Å². The molecule has 8 nitrogen and oxygen atoms in total. The molecule has 0 N–H and O–H groups in total. The molecule has 8 heteroatoms. The fraction of sp³-hybridized carbons (Fsp3) is 0.304. The van der Waals surface area contributed by atoms with Gasteiger partial charge in [0.05, 0.1) is 29.2 Å². The first-order valence-electron chi connectivity index (χ1n) is 10.2. The second-order valence-corrected chi connectivity index (χ2v) is 7.56. The van der Waals surface area contributed by atoms with Crippen LogP contribution >= 0.6 is 0 Å². The van der Waals surface area contributed by atoms with Gasteiger partial charge in [-0.2, -0.15) is 5.26 Å². The van der Waals surface area contributed by atoms with Gasteiger partial charge < -0.3 is 9.64 Å². The summed E-state index contributed by atoms with van der Waals surface area (Å²) in [5.41, 5.74) is 2.20. The van der Waals surface area contributed by atoms with Gasteiger partial charge in [-0.15, -0.1) is 0 Å². The van der Waals surface area contributed by atoms with Crippen molar-refractivity contribution in [2.24, 2.45) is 0 Å². The molecule has 1 fully saturated rings. The van der Waals surface area contributed by atoms with Gasteiger partial charge in [0, 0.05) is 50.2 Å². The smallest absolute Gasteiger partial charge is 0.270 e. The topological polar surface area (TPSA) is 95.5 Å². The Morgan fingerprint density at radius 3 is 2.65 bits per heavy atom. The third-order valence-electron chi connectivity index (χ3n) is 5.59. The molecule has 2 aromatic carbocycles. The zero-order chi connectivity index (χ0) is 21.8. The lowest BCUT2D eigenvalue weighted by Crippen LogP contribution is -2.31. The molecule has 0 spiro atoms. The van der Waals surface area contributed by atoms with Crippen LogP contribution < -0.4 is 9.64 Å². The standard InChI is InChI=1S/C23H23N5O3/c1-31-20-6-3-17(4-7-20)16-26-9-2-10-27(12-11-26)23-13-18(15-24)21-14-19(28(29)30)5-8-22(21)25-23/h3-8,13-14H,2,9-12,16H2,1H3. The quantitative estimate of drug-likeness (QED) is 0.461. The van der Waals surface area contributed by atoms with Crippen molar-refractivity contribution in [1.29, 1.82) is 5.26 Å². The van der Waals surface area contributed by atoms with Gasteiger partial charge >= 0.3 is 0 Å². The molecule has 1 aliphatic heterocycles. The van der Waals surface area contributed by atoms with Crippen molar-refractivity contribution in [2.75, 3.05) is 38.2 Å². The number of nitro benzene ring substituents is 1. The van der Waals surface area contributed by atoms with Gasteiger partial charge in [-0.3, -0.25) is 15.0 Å². The van der Waals surface area contributed by atoms with Crippen LogP contribution in [0.25, 0.3) is 10.9 Å². The van der Waals surface area contributed by atoms with Crippen LogP contribution in [0.3, 0.4) is 0 Å². The first kappa shape index (κ1) is 20.6. The van der Waals surface area contributed by atoms with Gasteiger partial charge in [0.1, 0.15) is 11.6 Å². The molecule has 4 rings (SSSR count). The SMILES string of the molecule is COc1ccc(CN2CCCN(c3cc(C#N)c4cc([N+](=O)[O-])ccc4n3)CC2)cc1. The highest BCUT2D eigenvalue weighted by molar-refractivity contribution is 5.88. The van der Waals surface area contributed by atoms with E-state index < -0.39 is 4.92 Å². The van der Waals surface area contributed by atoms with Crippen molar-refractivity contribution in [1.82, 2.24) is 9.88 Å². The first-order chi connectivity index (χ1) is 15.1. The molecule has 3 aromatic rings. The minimum atomic E-state index is -0.458. The van der Waals surface area contributed by atoms with E-state index >= 15 is 0 Å². The largest absolute Gasteiger partial charge is 0.497 e. The van der Waals surface area contributed by atoms with Crippen LogP contribution in [0.4, 0.5) is 11.5 Å². The highest BCUT2D eigenvalue weighted by Crippen LogP contribution is 2.27. The van der Waals surface area contributed by atoms with Crippen LogP contribution in [0.15, 0.2) is 48.5 Å². The Balaban J connectivity index is 1.51. The summed E-state index contributed by atoms with van der Waals surface area (Å²) in [6.45, 7) is 4.37. The van der Waals surface area contributed by atoms with E-state index in [4.69, 9.17) is 9.72 Å². The summed E-state index contributed by atoms with van der Waals surface area (Å²) in [6.07, 6.45) is 0.984. The Hall–Kier alpha value is -3.70. The third kappa shape index (κ3) is 4.57. The van der Waals surface area contributed by atoms with Crippen molar-refractivity contribution >= 4 is 22.4 Å². The number of hydrogen-bond acceptors (Lipinski definition) is 7. The molecule has 0 amide bonds. The molecule has 0 atom stereocenters. The number of nitriles is 1. The number of benzene rings is 2. The zero-order valence-electron chi connectivity index (χ0n) is 17.3. The van der Waals surface area contributed by atoms with E-state index in [2.05, 4.69) is 28.0 Å². The second kappa shape index (κ2) is 8.98. The molecule has 0 bridgehead atoms. The number of fused-ring (bicyclic) bond motifs is 1. The summed E-state index contributed by atoms with van der Waals surface area (Å²) in [7, 11) is 1.66. The lowest BCUT2D eigenvalue weighted by atomic mass is 10.1. The van der Waals surface area contributed by atoms with E-state index in [-0.39, 0.29) is 5.69 Å². The Morgan fingerprint density at radius 2 is 1.94 bits per heavy atom. The fourth-order valence-electron chi connectivity index (χ4n) is 3.92. The Bertz CT molecular complexity index is 1140. The molecule has 2 heterocycles. The van der Waals surface area contributed by atoms with Gasteiger partial charge in [0.25, 0.3) is 5.69 Å². The highest BCUT2D eigenvalue weighted by Gasteiger charge is 2.19. The summed E-state index contributed by atoms with van der Waals surface area (Å²) in [4.78, 5) is 19.9. The Labute approximate surface area is 180 Å². The summed E-state index contributed by atoms with van der Waals surface area (Å²) >= 11 is 0. The minimum Gasteiger partial charge on any atom is -0.497 e. The van der Waals surface area contributed by atoms with Crippen LogP contribution in [0.5, 0.6) is 5.75 Å². The lowest BCUT2D eigenvalue weighted by Gasteiger charge is -2.23. The van der Waals surface area contributed by atoms with Crippen LogP contribution in [-0.2, 0) is 6.54 Å². The molecular formula is C23H23N5O3. The molecule has 0 saturated carbocycles. The van der Waals surface area contributed by atoms with E-state index in [0.717, 1.165) is 50.7 Å². The molecule has 0 radical (unpaired) electrons. The monoisotopic (exact) mass is 417 g/mol. The van der Waals surface area contributed by atoms with Crippen molar-refractivity contribution in [3.8, 4) is 11.8 Å². The summed E-state index contributed by atoms with van der Waals surface area (Å²) < 4.78 is 5.23. The number of nitrogens with zero attached hydrogens (tertiary/aromatic N) is 5. The van der Waals surface area contributed by atoms with Crippen molar-refractivity contribution < 1.29 is 9.66 Å².